The van der Waals surface area contributed by atoms with Crippen LogP contribution in [0.25, 0.3) is 0 Å². The molecule has 9 heteroatoms. The number of anilines is 1. The largest absolute Gasteiger partial charge is 0.454 e. The molecule has 0 spiro atoms. The van der Waals surface area contributed by atoms with Gasteiger partial charge in [0.2, 0.25) is 17.7 Å². The number of hydrogen-bond donors (Lipinski definition) is 2. The lowest BCUT2D eigenvalue weighted by molar-refractivity contribution is -0.121. The molecule has 2 N–H and O–H groups in total. The van der Waals surface area contributed by atoms with Crippen LogP contribution in [0, 0.1) is 5.92 Å². The molecule has 1 aliphatic heterocycles. The van der Waals surface area contributed by atoms with Crippen molar-refractivity contribution < 1.29 is 19.1 Å². The molecule has 2 aromatic rings. The summed E-state index contributed by atoms with van der Waals surface area (Å²) >= 11 is 1.14. The number of fused-ring (bicyclic) bond motifs is 1. The Morgan fingerprint density at radius 2 is 2.04 bits per heavy atom. The average Bonchev–Trinajstić information content (AvgIpc) is 3.21. The van der Waals surface area contributed by atoms with Crippen molar-refractivity contribution in [1.29, 1.82) is 0 Å². The number of aromatic nitrogens is 2. The van der Waals surface area contributed by atoms with Gasteiger partial charge in [-0.15, -0.1) is 10.2 Å². The van der Waals surface area contributed by atoms with Gasteiger partial charge in [-0.3, -0.25) is 9.59 Å². The van der Waals surface area contributed by atoms with Crippen LogP contribution in [0.15, 0.2) is 18.2 Å². The van der Waals surface area contributed by atoms with E-state index in [9.17, 15) is 9.59 Å². The molecule has 1 aromatic heterocycles. The van der Waals surface area contributed by atoms with Gasteiger partial charge in [-0.2, -0.15) is 0 Å². The third-order valence-electron chi connectivity index (χ3n) is 3.32. The minimum atomic E-state index is -0.365. The number of carbonyl (C=O) groups excluding carboxylic acids is 2. The topological polar surface area (TPSA) is 102 Å². The van der Waals surface area contributed by atoms with Crippen molar-refractivity contribution in [1.82, 2.24) is 15.5 Å². The lowest BCUT2D eigenvalue weighted by Gasteiger charge is -2.04. The van der Waals surface area contributed by atoms with Crippen molar-refractivity contribution in [3.63, 3.8) is 0 Å². The molecule has 132 valence electrons. The van der Waals surface area contributed by atoms with Gasteiger partial charge < -0.3 is 20.1 Å². The fraction of sp³-hybridized carbons (Fsp3) is 0.375. The summed E-state index contributed by atoms with van der Waals surface area (Å²) in [7, 11) is 0. The molecular weight excluding hydrogens is 344 g/mol. The summed E-state index contributed by atoms with van der Waals surface area (Å²) in [6, 6.07) is 5.14. The Kier molecular flexibility index (Phi) is 5.13. The zero-order valence-corrected chi connectivity index (χ0v) is 14.7. The van der Waals surface area contributed by atoms with Crippen molar-refractivity contribution in [2.24, 2.45) is 5.92 Å². The highest BCUT2D eigenvalue weighted by Gasteiger charge is 2.17. The maximum atomic E-state index is 12.2. The SMILES string of the molecule is CC(C)CC(=O)NCc1nnc(C(=O)Nc2ccc3c(c2)OCO3)s1. The van der Waals surface area contributed by atoms with Gasteiger partial charge in [0, 0.05) is 18.2 Å². The molecule has 0 bridgehead atoms. The van der Waals surface area contributed by atoms with Gasteiger partial charge in [0.05, 0.1) is 6.54 Å². The Labute approximate surface area is 148 Å². The van der Waals surface area contributed by atoms with E-state index in [1.807, 2.05) is 13.8 Å². The van der Waals surface area contributed by atoms with E-state index < -0.39 is 0 Å². The van der Waals surface area contributed by atoms with Crippen molar-refractivity contribution in [3.05, 3.63) is 28.2 Å². The summed E-state index contributed by atoms with van der Waals surface area (Å²) < 4.78 is 10.5. The molecule has 2 heterocycles. The molecule has 2 amide bonds. The monoisotopic (exact) mass is 362 g/mol. The number of ether oxygens (including phenoxy) is 2. The summed E-state index contributed by atoms with van der Waals surface area (Å²) in [5, 5.41) is 14.1. The molecule has 0 unspecified atom stereocenters. The highest BCUT2D eigenvalue weighted by atomic mass is 32.1. The van der Waals surface area contributed by atoms with Crippen molar-refractivity contribution in [3.8, 4) is 11.5 Å². The summed E-state index contributed by atoms with van der Waals surface area (Å²) in [5.41, 5.74) is 0.580. The third kappa shape index (κ3) is 4.44. The second kappa shape index (κ2) is 7.47. The van der Waals surface area contributed by atoms with Crippen LogP contribution in [0.4, 0.5) is 5.69 Å². The highest BCUT2D eigenvalue weighted by molar-refractivity contribution is 7.13. The fourth-order valence-electron chi connectivity index (χ4n) is 2.19. The van der Waals surface area contributed by atoms with Gasteiger partial charge in [-0.25, -0.2) is 0 Å². The van der Waals surface area contributed by atoms with E-state index in [1.54, 1.807) is 18.2 Å². The smallest absolute Gasteiger partial charge is 0.286 e. The van der Waals surface area contributed by atoms with Crippen molar-refractivity contribution in [2.45, 2.75) is 26.8 Å². The molecule has 1 aliphatic rings. The highest BCUT2D eigenvalue weighted by Crippen LogP contribution is 2.34. The van der Waals surface area contributed by atoms with Gasteiger partial charge in [-0.1, -0.05) is 25.2 Å². The number of carbonyl (C=O) groups is 2. The molecule has 0 saturated carbocycles. The first-order valence-corrected chi connectivity index (χ1v) is 8.63. The van der Waals surface area contributed by atoms with Gasteiger partial charge >= 0.3 is 0 Å². The minimum absolute atomic E-state index is 0.0449. The first-order chi connectivity index (χ1) is 12.0. The van der Waals surface area contributed by atoms with Crippen LogP contribution in [0.1, 0.15) is 35.1 Å². The Bertz CT molecular complexity index is 790. The quantitative estimate of drug-likeness (QED) is 0.816. The van der Waals surface area contributed by atoms with Crippen molar-refractivity contribution >= 4 is 28.8 Å². The Morgan fingerprint density at radius 3 is 2.84 bits per heavy atom. The second-order valence-corrected chi connectivity index (χ2v) is 6.96. The molecule has 0 aliphatic carbocycles. The summed E-state index contributed by atoms with van der Waals surface area (Å²) in [6.07, 6.45) is 0.455. The van der Waals surface area contributed by atoms with Crippen LogP contribution < -0.4 is 20.1 Å². The molecule has 0 atom stereocenters. The van der Waals surface area contributed by atoms with Crippen LogP contribution in [0.3, 0.4) is 0 Å². The van der Waals surface area contributed by atoms with Gasteiger partial charge in [-0.05, 0) is 18.1 Å². The molecule has 0 radical (unpaired) electrons. The summed E-state index contributed by atoms with van der Waals surface area (Å²) in [4.78, 5) is 23.9. The van der Waals surface area contributed by atoms with Crippen LogP contribution >= 0.6 is 11.3 Å². The first kappa shape index (κ1) is 17.2. The molecule has 1 aromatic carbocycles. The maximum Gasteiger partial charge on any atom is 0.286 e. The van der Waals surface area contributed by atoms with Crippen LogP contribution in [0.5, 0.6) is 11.5 Å². The maximum absolute atomic E-state index is 12.2. The van der Waals surface area contributed by atoms with E-state index in [2.05, 4.69) is 20.8 Å². The zero-order valence-electron chi connectivity index (χ0n) is 13.9. The molecule has 8 nitrogen and oxygen atoms in total. The Morgan fingerprint density at radius 1 is 1.24 bits per heavy atom. The Hall–Kier alpha value is -2.68. The predicted octanol–water partition coefficient (Wildman–Crippen LogP) is 2.18. The molecule has 0 saturated heterocycles. The third-order valence-corrected chi connectivity index (χ3v) is 4.24. The number of nitrogens with one attached hydrogen (secondary N) is 2. The average molecular weight is 362 g/mol. The van der Waals surface area contributed by atoms with E-state index >= 15 is 0 Å². The first-order valence-electron chi connectivity index (χ1n) is 7.81. The van der Waals surface area contributed by atoms with Crippen LogP contribution in [-0.2, 0) is 11.3 Å². The predicted molar refractivity (Wildman–Crippen MR) is 91.7 cm³/mol. The van der Waals surface area contributed by atoms with E-state index in [1.165, 1.54) is 0 Å². The van der Waals surface area contributed by atoms with E-state index in [0.717, 1.165) is 11.3 Å². The number of amides is 2. The molecule has 3 rings (SSSR count). The zero-order chi connectivity index (χ0) is 17.8. The van der Waals surface area contributed by atoms with E-state index in [-0.39, 0.29) is 36.1 Å². The summed E-state index contributed by atoms with van der Waals surface area (Å²) in [6.45, 7) is 4.39. The van der Waals surface area contributed by atoms with Gasteiger partial charge in [0.25, 0.3) is 5.91 Å². The van der Waals surface area contributed by atoms with Crippen LogP contribution in [0.2, 0.25) is 0 Å². The number of hydrogen-bond acceptors (Lipinski definition) is 7. The number of benzene rings is 1. The van der Waals surface area contributed by atoms with Gasteiger partial charge in [0.1, 0.15) is 5.01 Å². The van der Waals surface area contributed by atoms with Crippen molar-refractivity contribution in [2.75, 3.05) is 12.1 Å². The number of nitrogens with zero attached hydrogens (tertiary/aromatic N) is 2. The normalized spacial score (nSPS) is 12.3. The Balaban J connectivity index is 1.56. The van der Waals surface area contributed by atoms with E-state index in [0.29, 0.717) is 28.6 Å². The van der Waals surface area contributed by atoms with Crippen LogP contribution in [-0.4, -0.2) is 28.8 Å². The minimum Gasteiger partial charge on any atom is -0.454 e. The fourth-order valence-corrected chi connectivity index (χ4v) is 2.87. The molecular formula is C16H18N4O4S. The molecule has 0 fully saturated rings. The summed E-state index contributed by atoms with van der Waals surface area (Å²) in [5.74, 6) is 1.11. The number of rotatable bonds is 6. The lowest BCUT2D eigenvalue weighted by Crippen LogP contribution is -2.23. The standard InChI is InChI=1S/C16H18N4O4S/c1-9(2)5-13(21)17-7-14-19-20-16(25-14)15(22)18-10-3-4-11-12(6-10)24-8-23-11/h3-4,6,9H,5,7-8H2,1-2H3,(H,17,21)(H,18,22). The lowest BCUT2D eigenvalue weighted by atomic mass is 10.1. The second-order valence-electron chi connectivity index (χ2n) is 5.90. The van der Waals surface area contributed by atoms with Gasteiger partial charge in [0.15, 0.2) is 11.5 Å². The molecule has 25 heavy (non-hydrogen) atoms. The van der Waals surface area contributed by atoms with E-state index in [4.69, 9.17) is 9.47 Å².